The van der Waals surface area contributed by atoms with E-state index < -0.39 is 26.7 Å². The second-order valence-electron chi connectivity index (χ2n) is 4.71. The average molecular weight is 384 g/mol. The topological polar surface area (TPSA) is 46.2 Å². The minimum atomic E-state index is -4.68. The molecule has 0 fully saturated rings. The second kappa shape index (κ2) is 6.22. The number of benzene rings is 2. The summed E-state index contributed by atoms with van der Waals surface area (Å²) in [6, 6.07) is 6.50. The summed E-state index contributed by atoms with van der Waals surface area (Å²) in [5.74, 6) is 0. The van der Waals surface area contributed by atoms with E-state index in [1.165, 1.54) is 18.2 Å². The van der Waals surface area contributed by atoms with Crippen LogP contribution in [0.5, 0.6) is 0 Å². The highest BCUT2D eigenvalue weighted by atomic mass is 35.5. The average Bonchev–Trinajstić information content (AvgIpc) is 2.41. The van der Waals surface area contributed by atoms with Crippen LogP contribution in [0.4, 0.5) is 18.9 Å². The van der Waals surface area contributed by atoms with Crippen LogP contribution in [0.1, 0.15) is 11.1 Å². The summed E-state index contributed by atoms with van der Waals surface area (Å²) in [5.41, 5.74) is -0.387. The second-order valence-corrected chi connectivity index (χ2v) is 7.20. The first kappa shape index (κ1) is 17.9. The lowest BCUT2D eigenvalue weighted by Gasteiger charge is -2.14. The third kappa shape index (κ3) is 4.10. The van der Waals surface area contributed by atoms with Gasteiger partial charge in [-0.1, -0.05) is 23.2 Å². The van der Waals surface area contributed by atoms with Crippen LogP contribution in [0.2, 0.25) is 10.0 Å². The van der Waals surface area contributed by atoms with Crippen molar-refractivity contribution in [1.82, 2.24) is 0 Å². The van der Waals surface area contributed by atoms with Gasteiger partial charge in [-0.15, -0.1) is 0 Å². The minimum Gasteiger partial charge on any atom is -0.279 e. The molecular formula is C14H10Cl2F3NO2S. The van der Waals surface area contributed by atoms with E-state index in [4.69, 9.17) is 23.2 Å². The number of rotatable bonds is 3. The molecule has 0 radical (unpaired) electrons. The number of nitrogens with one attached hydrogen (secondary N) is 1. The molecule has 0 heterocycles. The number of halogens is 5. The summed E-state index contributed by atoms with van der Waals surface area (Å²) >= 11 is 11.5. The zero-order chi connectivity index (χ0) is 17.4. The summed E-state index contributed by atoms with van der Waals surface area (Å²) < 4.78 is 65.1. The molecule has 0 amide bonds. The number of sulfonamides is 1. The quantitative estimate of drug-likeness (QED) is 0.799. The molecule has 23 heavy (non-hydrogen) atoms. The van der Waals surface area contributed by atoms with Gasteiger partial charge in [0.2, 0.25) is 0 Å². The Morgan fingerprint density at radius 3 is 2.26 bits per heavy atom. The van der Waals surface area contributed by atoms with Gasteiger partial charge in [-0.2, -0.15) is 13.2 Å². The van der Waals surface area contributed by atoms with Crippen LogP contribution in [0.15, 0.2) is 41.3 Å². The number of hydrogen-bond acceptors (Lipinski definition) is 2. The SMILES string of the molecule is Cc1cc(Cl)ccc1NS(=O)(=O)c1cc(C(F)(F)F)ccc1Cl. The predicted octanol–water partition coefficient (Wildman–Crippen LogP) is 5.12. The van der Waals surface area contributed by atoms with Gasteiger partial charge in [-0.05, 0) is 48.9 Å². The van der Waals surface area contributed by atoms with E-state index in [0.29, 0.717) is 16.7 Å². The van der Waals surface area contributed by atoms with E-state index >= 15 is 0 Å². The van der Waals surface area contributed by atoms with Gasteiger partial charge in [0.05, 0.1) is 16.3 Å². The molecule has 0 spiro atoms. The van der Waals surface area contributed by atoms with Crippen molar-refractivity contribution in [1.29, 1.82) is 0 Å². The molecule has 9 heteroatoms. The van der Waals surface area contributed by atoms with E-state index in [1.807, 2.05) is 0 Å². The first-order chi connectivity index (χ1) is 10.5. The van der Waals surface area contributed by atoms with Gasteiger partial charge in [0, 0.05) is 5.02 Å². The Hall–Kier alpha value is -1.44. The van der Waals surface area contributed by atoms with Crippen molar-refractivity contribution in [2.45, 2.75) is 18.0 Å². The Labute approximate surface area is 141 Å². The summed E-state index contributed by atoms with van der Waals surface area (Å²) in [7, 11) is -4.29. The number of alkyl halides is 3. The van der Waals surface area contributed by atoms with Crippen LogP contribution in [0.3, 0.4) is 0 Å². The first-order valence-corrected chi connectivity index (χ1v) is 8.40. The maximum absolute atomic E-state index is 12.8. The van der Waals surface area contributed by atoms with Crippen molar-refractivity contribution >= 4 is 38.9 Å². The number of hydrogen-bond donors (Lipinski definition) is 1. The Bertz CT molecular complexity index is 852. The van der Waals surface area contributed by atoms with E-state index in [1.54, 1.807) is 6.92 Å². The van der Waals surface area contributed by atoms with Gasteiger partial charge in [0.15, 0.2) is 0 Å². The molecule has 0 aliphatic rings. The van der Waals surface area contributed by atoms with Crippen LogP contribution in [-0.2, 0) is 16.2 Å². The van der Waals surface area contributed by atoms with E-state index in [2.05, 4.69) is 4.72 Å². The van der Waals surface area contributed by atoms with Gasteiger partial charge >= 0.3 is 6.18 Å². The van der Waals surface area contributed by atoms with Crippen LogP contribution in [0, 0.1) is 6.92 Å². The molecule has 0 aliphatic carbocycles. The van der Waals surface area contributed by atoms with Crippen LogP contribution >= 0.6 is 23.2 Å². The van der Waals surface area contributed by atoms with Crippen molar-refractivity contribution < 1.29 is 21.6 Å². The van der Waals surface area contributed by atoms with Gasteiger partial charge in [-0.3, -0.25) is 4.72 Å². The lowest BCUT2D eigenvalue weighted by molar-refractivity contribution is -0.137. The highest BCUT2D eigenvalue weighted by molar-refractivity contribution is 7.92. The maximum atomic E-state index is 12.8. The summed E-state index contributed by atoms with van der Waals surface area (Å²) in [5, 5.41) is 0.0969. The monoisotopic (exact) mass is 383 g/mol. The maximum Gasteiger partial charge on any atom is 0.416 e. The summed E-state index contributed by atoms with van der Waals surface area (Å²) in [6.07, 6.45) is -4.68. The molecule has 124 valence electrons. The molecule has 0 saturated carbocycles. The van der Waals surface area contributed by atoms with Crippen molar-refractivity contribution in [3.63, 3.8) is 0 Å². The molecule has 1 N–H and O–H groups in total. The van der Waals surface area contributed by atoms with Gasteiger partial charge in [0.25, 0.3) is 10.0 Å². The van der Waals surface area contributed by atoms with Crippen molar-refractivity contribution in [3.8, 4) is 0 Å². The molecule has 0 unspecified atom stereocenters. The van der Waals surface area contributed by atoms with Crippen molar-refractivity contribution in [2.24, 2.45) is 0 Å². The lowest BCUT2D eigenvalue weighted by atomic mass is 10.2. The Morgan fingerprint density at radius 2 is 1.70 bits per heavy atom. The van der Waals surface area contributed by atoms with E-state index in [0.717, 1.165) is 12.1 Å². The lowest BCUT2D eigenvalue weighted by Crippen LogP contribution is -2.16. The molecule has 2 rings (SSSR count). The Morgan fingerprint density at radius 1 is 1.04 bits per heavy atom. The standard InChI is InChI=1S/C14H10Cl2F3NO2S/c1-8-6-10(15)3-5-12(8)20-23(21,22)13-7-9(14(17,18)19)2-4-11(13)16/h2-7,20H,1H3. The zero-order valence-electron chi connectivity index (χ0n) is 11.6. The fourth-order valence-electron chi connectivity index (χ4n) is 1.83. The smallest absolute Gasteiger partial charge is 0.279 e. The summed E-state index contributed by atoms with van der Waals surface area (Å²) in [6.45, 7) is 1.61. The molecule has 0 saturated heterocycles. The predicted molar refractivity (Wildman–Crippen MR) is 83.5 cm³/mol. The molecule has 0 atom stereocenters. The van der Waals surface area contributed by atoms with Crippen LogP contribution in [0.25, 0.3) is 0 Å². The molecule has 0 bridgehead atoms. The highest BCUT2D eigenvalue weighted by Crippen LogP contribution is 2.34. The minimum absolute atomic E-state index is 0.197. The first-order valence-electron chi connectivity index (χ1n) is 6.16. The third-order valence-electron chi connectivity index (χ3n) is 2.98. The fraction of sp³-hybridized carbons (Fsp3) is 0.143. The van der Waals surface area contributed by atoms with Crippen molar-refractivity contribution in [3.05, 3.63) is 57.6 Å². The number of aryl methyl sites for hydroxylation is 1. The van der Waals surface area contributed by atoms with Gasteiger partial charge < -0.3 is 0 Å². The Balaban J connectivity index is 2.47. The Kier molecular flexibility index (Phi) is 4.84. The fourth-order valence-corrected chi connectivity index (χ4v) is 3.71. The van der Waals surface area contributed by atoms with E-state index in [9.17, 15) is 21.6 Å². The molecule has 2 aromatic rings. The summed E-state index contributed by atoms with van der Waals surface area (Å²) in [4.78, 5) is -0.650. The molecule has 2 aromatic carbocycles. The van der Waals surface area contributed by atoms with E-state index in [-0.39, 0.29) is 10.7 Å². The highest BCUT2D eigenvalue weighted by Gasteiger charge is 2.32. The van der Waals surface area contributed by atoms with Gasteiger partial charge in [0.1, 0.15) is 4.90 Å². The number of anilines is 1. The molecular weight excluding hydrogens is 374 g/mol. The molecule has 3 nitrogen and oxygen atoms in total. The molecule has 0 aromatic heterocycles. The molecule has 0 aliphatic heterocycles. The zero-order valence-corrected chi connectivity index (χ0v) is 13.9. The van der Waals surface area contributed by atoms with Crippen LogP contribution < -0.4 is 4.72 Å². The van der Waals surface area contributed by atoms with Crippen molar-refractivity contribution in [2.75, 3.05) is 4.72 Å². The van der Waals surface area contributed by atoms with Gasteiger partial charge in [-0.25, -0.2) is 8.42 Å². The normalized spacial score (nSPS) is 12.3. The van der Waals surface area contributed by atoms with Crippen LogP contribution in [-0.4, -0.2) is 8.42 Å². The largest absolute Gasteiger partial charge is 0.416 e. The third-order valence-corrected chi connectivity index (χ3v) is 5.06.